The van der Waals surface area contributed by atoms with E-state index >= 15 is 0 Å². The van der Waals surface area contributed by atoms with Gasteiger partial charge >= 0.3 is 0 Å². The molecule has 3 rings (SSSR count). The van der Waals surface area contributed by atoms with Gasteiger partial charge < -0.3 is 10.2 Å². The summed E-state index contributed by atoms with van der Waals surface area (Å²) in [6.07, 6.45) is 1.53. The molecule has 2 aromatic heterocycles. The number of piperazine rings is 1. The van der Waals surface area contributed by atoms with Crippen LogP contribution in [0, 0.1) is 13.8 Å². The highest BCUT2D eigenvalue weighted by molar-refractivity contribution is 5.96. The molecule has 0 bridgehead atoms. The summed E-state index contributed by atoms with van der Waals surface area (Å²) in [5.41, 5.74) is 2.37. The molecule has 0 spiro atoms. The van der Waals surface area contributed by atoms with Crippen LogP contribution in [-0.2, 0) is 4.79 Å². The van der Waals surface area contributed by atoms with E-state index in [4.69, 9.17) is 0 Å². The van der Waals surface area contributed by atoms with Crippen molar-refractivity contribution in [3.05, 3.63) is 41.3 Å². The number of aryl methyl sites for hydroxylation is 2. The molecule has 0 radical (unpaired) electrons. The lowest BCUT2D eigenvalue weighted by Crippen LogP contribution is -2.49. The van der Waals surface area contributed by atoms with Gasteiger partial charge in [0.1, 0.15) is 0 Å². The molecule has 2 aromatic rings. The molecular formula is C15H17N5O2. The Hall–Kier alpha value is -2.70. The maximum atomic E-state index is 12.3. The van der Waals surface area contributed by atoms with Gasteiger partial charge in [-0.15, -0.1) is 0 Å². The van der Waals surface area contributed by atoms with Crippen LogP contribution in [0.15, 0.2) is 24.4 Å². The molecule has 1 fully saturated rings. The summed E-state index contributed by atoms with van der Waals surface area (Å²) in [5, 5.41) is 7.06. The molecule has 1 aliphatic rings. The fraction of sp³-hybridized carbons (Fsp3) is 0.333. The number of hydrogen-bond acceptors (Lipinski definition) is 4. The van der Waals surface area contributed by atoms with Gasteiger partial charge in [0.2, 0.25) is 5.91 Å². The minimum atomic E-state index is -0.178. The van der Waals surface area contributed by atoms with E-state index in [1.54, 1.807) is 16.8 Å². The summed E-state index contributed by atoms with van der Waals surface area (Å²) in [7, 11) is 0. The Balaban J connectivity index is 1.80. The Morgan fingerprint density at radius 1 is 1.32 bits per heavy atom. The highest BCUT2D eigenvalue weighted by Gasteiger charge is 2.22. The zero-order valence-electron chi connectivity index (χ0n) is 12.5. The maximum absolute atomic E-state index is 12.3. The number of nitrogens with zero attached hydrogens (tertiary/aromatic N) is 4. The molecule has 114 valence electrons. The lowest BCUT2D eigenvalue weighted by atomic mass is 10.2. The molecule has 2 amide bonds. The van der Waals surface area contributed by atoms with E-state index in [1.165, 1.54) is 11.1 Å². The summed E-state index contributed by atoms with van der Waals surface area (Å²) in [5.74, 6) is 0.354. The highest BCUT2D eigenvalue weighted by Crippen LogP contribution is 2.12. The van der Waals surface area contributed by atoms with Crippen molar-refractivity contribution in [2.45, 2.75) is 13.8 Å². The Bertz CT molecular complexity index is 720. The normalized spacial score (nSPS) is 14.8. The fourth-order valence-corrected chi connectivity index (χ4v) is 2.49. The number of nitrogens with one attached hydrogen (secondary N) is 1. The van der Waals surface area contributed by atoms with E-state index in [-0.39, 0.29) is 18.4 Å². The first-order valence-electron chi connectivity index (χ1n) is 7.10. The first-order valence-corrected chi connectivity index (χ1v) is 7.10. The summed E-state index contributed by atoms with van der Waals surface area (Å²) in [6, 6.07) is 5.44. The Morgan fingerprint density at radius 2 is 2.14 bits per heavy atom. The van der Waals surface area contributed by atoms with Crippen molar-refractivity contribution < 1.29 is 9.59 Å². The first kappa shape index (κ1) is 14.2. The molecule has 1 N–H and O–H groups in total. The van der Waals surface area contributed by atoms with Gasteiger partial charge in [0, 0.05) is 25.0 Å². The predicted octanol–water partition coefficient (Wildman–Crippen LogP) is 0.456. The zero-order chi connectivity index (χ0) is 15.7. The average molecular weight is 299 g/mol. The predicted molar refractivity (Wildman–Crippen MR) is 79.7 cm³/mol. The van der Waals surface area contributed by atoms with Crippen LogP contribution in [-0.4, -0.2) is 51.1 Å². The van der Waals surface area contributed by atoms with E-state index < -0.39 is 0 Å². The van der Waals surface area contributed by atoms with Crippen LogP contribution in [0.4, 0.5) is 0 Å². The number of carbonyl (C=O) groups is 2. The van der Waals surface area contributed by atoms with Crippen molar-refractivity contribution in [2.24, 2.45) is 0 Å². The van der Waals surface area contributed by atoms with Gasteiger partial charge in [-0.3, -0.25) is 9.59 Å². The summed E-state index contributed by atoms with van der Waals surface area (Å²) in [4.78, 5) is 29.5. The Labute approximate surface area is 127 Å². The average Bonchev–Trinajstić information content (AvgIpc) is 2.85. The van der Waals surface area contributed by atoms with E-state index in [0.717, 1.165) is 11.4 Å². The fourth-order valence-electron chi connectivity index (χ4n) is 2.49. The second-order valence-corrected chi connectivity index (χ2v) is 5.32. The van der Waals surface area contributed by atoms with Crippen molar-refractivity contribution in [3.8, 4) is 5.82 Å². The molecule has 0 saturated carbocycles. The molecule has 1 saturated heterocycles. The summed E-state index contributed by atoms with van der Waals surface area (Å²) in [6.45, 7) is 4.97. The second kappa shape index (κ2) is 5.59. The molecular weight excluding hydrogens is 282 g/mol. The van der Waals surface area contributed by atoms with Crippen LogP contribution in [0.5, 0.6) is 0 Å². The lowest BCUT2D eigenvalue weighted by molar-refractivity contribution is -0.123. The monoisotopic (exact) mass is 299 g/mol. The number of carbonyl (C=O) groups excluding carboxylic acids is 2. The molecule has 0 aliphatic carbocycles. The van der Waals surface area contributed by atoms with Gasteiger partial charge in [0.25, 0.3) is 5.91 Å². The maximum Gasteiger partial charge on any atom is 0.255 e. The topological polar surface area (TPSA) is 80.1 Å². The highest BCUT2D eigenvalue weighted by atomic mass is 16.2. The third-order valence-electron chi connectivity index (χ3n) is 3.55. The molecule has 0 atom stereocenters. The first-order chi connectivity index (χ1) is 10.5. The van der Waals surface area contributed by atoms with Crippen molar-refractivity contribution in [3.63, 3.8) is 0 Å². The van der Waals surface area contributed by atoms with E-state index in [2.05, 4.69) is 15.4 Å². The van der Waals surface area contributed by atoms with E-state index in [1.807, 2.05) is 19.9 Å². The minimum absolute atomic E-state index is 0.0953. The number of aromatic nitrogens is 3. The zero-order valence-corrected chi connectivity index (χ0v) is 12.5. The van der Waals surface area contributed by atoms with Crippen LogP contribution >= 0.6 is 0 Å². The van der Waals surface area contributed by atoms with Gasteiger partial charge in [0.15, 0.2) is 5.82 Å². The van der Waals surface area contributed by atoms with Crippen molar-refractivity contribution in [1.29, 1.82) is 0 Å². The van der Waals surface area contributed by atoms with Gasteiger partial charge in [-0.25, -0.2) is 9.67 Å². The minimum Gasteiger partial charge on any atom is -0.353 e. The van der Waals surface area contributed by atoms with Gasteiger partial charge in [-0.2, -0.15) is 5.10 Å². The molecule has 0 unspecified atom stereocenters. The van der Waals surface area contributed by atoms with Gasteiger partial charge in [-0.1, -0.05) is 0 Å². The molecule has 7 nitrogen and oxygen atoms in total. The van der Waals surface area contributed by atoms with E-state index in [0.29, 0.717) is 24.5 Å². The third kappa shape index (κ3) is 2.69. The number of hydrogen-bond donors (Lipinski definition) is 1. The van der Waals surface area contributed by atoms with Crippen LogP contribution in [0.3, 0.4) is 0 Å². The summed E-state index contributed by atoms with van der Waals surface area (Å²) < 4.78 is 1.73. The van der Waals surface area contributed by atoms with Crippen molar-refractivity contribution >= 4 is 11.8 Å². The second-order valence-electron chi connectivity index (χ2n) is 5.32. The molecule has 3 heterocycles. The Morgan fingerprint density at radius 3 is 2.73 bits per heavy atom. The largest absolute Gasteiger partial charge is 0.353 e. The van der Waals surface area contributed by atoms with Crippen molar-refractivity contribution in [2.75, 3.05) is 19.6 Å². The molecule has 1 aliphatic heterocycles. The quantitative estimate of drug-likeness (QED) is 0.873. The lowest BCUT2D eigenvalue weighted by Gasteiger charge is -2.26. The van der Waals surface area contributed by atoms with E-state index in [9.17, 15) is 9.59 Å². The van der Waals surface area contributed by atoms with Crippen LogP contribution in [0.25, 0.3) is 5.82 Å². The summed E-state index contributed by atoms with van der Waals surface area (Å²) >= 11 is 0. The third-order valence-corrected chi connectivity index (χ3v) is 3.55. The number of amides is 2. The van der Waals surface area contributed by atoms with Crippen LogP contribution < -0.4 is 5.32 Å². The standard InChI is InChI=1S/C15H17N5O2/c1-10-7-11(2)20(18-10)13-4-3-12(8-17-13)15(22)19-6-5-16-14(21)9-19/h3-4,7-8H,5-6,9H2,1-2H3,(H,16,21). The van der Waals surface area contributed by atoms with Crippen LogP contribution in [0.2, 0.25) is 0 Å². The van der Waals surface area contributed by atoms with Gasteiger partial charge in [-0.05, 0) is 32.0 Å². The number of rotatable bonds is 2. The van der Waals surface area contributed by atoms with Crippen molar-refractivity contribution in [1.82, 2.24) is 25.0 Å². The SMILES string of the molecule is Cc1cc(C)n(-c2ccc(C(=O)N3CCNC(=O)C3)cn2)n1. The molecule has 7 heteroatoms. The number of pyridine rings is 1. The van der Waals surface area contributed by atoms with Crippen LogP contribution in [0.1, 0.15) is 21.7 Å². The van der Waals surface area contributed by atoms with Gasteiger partial charge in [0.05, 0.1) is 17.8 Å². The molecule has 22 heavy (non-hydrogen) atoms. The Kier molecular flexibility index (Phi) is 3.62. The smallest absolute Gasteiger partial charge is 0.255 e. The molecule has 0 aromatic carbocycles.